The zero-order valence-electron chi connectivity index (χ0n) is 16.9. The van der Waals surface area contributed by atoms with Crippen molar-refractivity contribution in [2.45, 2.75) is 44.8 Å². The van der Waals surface area contributed by atoms with Crippen LogP contribution >= 0.6 is 0 Å². The van der Waals surface area contributed by atoms with Crippen molar-refractivity contribution < 1.29 is 19.4 Å². The molecule has 2 aliphatic rings. The number of aromatic nitrogens is 1. The van der Waals surface area contributed by atoms with Gasteiger partial charge >= 0.3 is 0 Å². The summed E-state index contributed by atoms with van der Waals surface area (Å²) in [6, 6.07) is 13.1. The summed E-state index contributed by atoms with van der Waals surface area (Å²) >= 11 is 0. The van der Waals surface area contributed by atoms with Crippen molar-refractivity contribution in [3.63, 3.8) is 0 Å². The predicted molar refractivity (Wildman–Crippen MR) is 109 cm³/mol. The van der Waals surface area contributed by atoms with Gasteiger partial charge in [0.25, 0.3) is 0 Å². The number of carbonyl (C=O) groups excluding carboxylic acids is 2. The molecule has 0 radical (unpaired) electrons. The molecule has 5 atom stereocenters. The first kappa shape index (κ1) is 19.9. The first-order valence-electron chi connectivity index (χ1n) is 10.4. The van der Waals surface area contributed by atoms with Crippen LogP contribution in [-0.4, -0.2) is 34.9 Å². The number of nitrogens with zero attached hydrogens (tertiary/aromatic N) is 1. The van der Waals surface area contributed by atoms with E-state index in [1.54, 1.807) is 26.2 Å². The lowest BCUT2D eigenvalue weighted by molar-refractivity contribution is 0.0959. The van der Waals surface area contributed by atoms with Gasteiger partial charge in [0.1, 0.15) is 11.8 Å². The third-order valence-electron chi connectivity index (χ3n) is 6.40. The summed E-state index contributed by atoms with van der Waals surface area (Å²) in [5.41, 5.74) is 2.34. The smallest absolute Gasteiger partial charge is 0.180 e. The van der Waals surface area contributed by atoms with E-state index in [2.05, 4.69) is 4.98 Å². The summed E-state index contributed by atoms with van der Waals surface area (Å²) < 4.78 is 5.68. The van der Waals surface area contributed by atoms with E-state index in [-0.39, 0.29) is 17.7 Å². The summed E-state index contributed by atoms with van der Waals surface area (Å²) in [6.07, 6.45) is 1.77. The number of fused-ring (bicyclic) bond motifs is 1. The fourth-order valence-electron chi connectivity index (χ4n) is 4.81. The minimum atomic E-state index is -0.442. The summed E-state index contributed by atoms with van der Waals surface area (Å²) in [7, 11) is 1.60. The molecule has 29 heavy (non-hydrogen) atoms. The second-order valence-corrected chi connectivity index (χ2v) is 8.21. The van der Waals surface area contributed by atoms with Crippen LogP contribution in [0.4, 0.5) is 0 Å². The molecule has 4 rings (SSSR count). The van der Waals surface area contributed by atoms with Crippen LogP contribution in [-0.2, 0) is 4.74 Å². The molecule has 0 saturated heterocycles. The van der Waals surface area contributed by atoms with Crippen LogP contribution in [0.2, 0.25) is 0 Å². The van der Waals surface area contributed by atoms with E-state index in [0.29, 0.717) is 47.5 Å². The Hall–Kier alpha value is -2.37. The van der Waals surface area contributed by atoms with Crippen molar-refractivity contribution in [2.24, 2.45) is 17.8 Å². The minimum absolute atomic E-state index is 0.0376. The zero-order chi connectivity index (χ0) is 20.5. The number of hydrogen-bond acceptors (Lipinski definition) is 5. The maximum atomic E-state index is 13.0. The number of carbonyl (C=O) groups is 2. The summed E-state index contributed by atoms with van der Waals surface area (Å²) in [5, 5.41) is 9.71. The van der Waals surface area contributed by atoms with Gasteiger partial charge in [-0.3, -0.25) is 9.59 Å². The summed E-state index contributed by atoms with van der Waals surface area (Å²) in [6.45, 7) is 1.79. The highest BCUT2D eigenvalue weighted by Crippen LogP contribution is 2.59. The predicted octanol–water partition coefficient (Wildman–Crippen LogP) is 4.00. The van der Waals surface area contributed by atoms with E-state index in [1.807, 2.05) is 30.3 Å². The molecule has 2 aliphatic carbocycles. The monoisotopic (exact) mass is 393 g/mol. The normalized spacial score (nSPS) is 26.0. The molecule has 2 aromatic rings. The van der Waals surface area contributed by atoms with Gasteiger partial charge in [-0.1, -0.05) is 37.3 Å². The lowest BCUT2D eigenvalue weighted by Crippen LogP contribution is -2.14. The van der Waals surface area contributed by atoms with Crippen LogP contribution in [0, 0.1) is 17.8 Å². The van der Waals surface area contributed by atoms with Gasteiger partial charge < -0.3 is 9.84 Å². The van der Waals surface area contributed by atoms with Crippen molar-refractivity contribution in [3.8, 4) is 0 Å². The highest BCUT2D eigenvalue weighted by molar-refractivity contribution is 6.00. The highest BCUT2D eigenvalue weighted by atomic mass is 16.5. The van der Waals surface area contributed by atoms with Crippen molar-refractivity contribution in [3.05, 3.63) is 65.0 Å². The van der Waals surface area contributed by atoms with Gasteiger partial charge in [-0.25, -0.2) is 4.98 Å². The molecule has 0 bridgehead atoms. The van der Waals surface area contributed by atoms with E-state index < -0.39 is 6.10 Å². The van der Waals surface area contributed by atoms with Crippen LogP contribution in [0.15, 0.2) is 42.5 Å². The third kappa shape index (κ3) is 4.02. The Morgan fingerprint density at radius 3 is 2.45 bits per heavy atom. The average molecular weight is 393 g/mol. The number of rotatable bonds is 8. The molecule has 5 nitrogen and oxygen atoms in total. The van der Waals surface area contributed by atoms with E-state index in [9.17, 15) is 14.7 Å². The van der Waals surface area contributed by atoms with Crippen LogP contribution in [0.25, 0.3) is 0 Å². The van der Waals surface area contributed by atoms with Crippen LogP contribution in [0.1, 0.15) is 70.8 Å². The van der Waals surface area contributed by atoms with Gasteiger partial charge in [0, 0.05) is 25.5 Å². The average Bonchev–Trinajstić information content (AvgIpc) is 3.18. The molecule has 5 heteroatoms. The van der Waals surface area contributed by atoms with Gasteiger partial charge in [-0.15, -0.1) is 0 Å². The molecule has 0 aliphatic heterocycles. The van der Waals surface area contributed by atoms with Gasteiger partial charge in [0.15, 0.2) is 11.6 Å². The fourth-order valence-corrected chi connectivity index (χ4v) is 4.81. The number of aliphatic hydroxyl groups is 1. The van der Waals surface area contributed by atoms with Crippen LogP contribution in [0.5, 0.6) is 0 Å². The first-order valence-corrected chi connectivity index (χ1v) is 10.4. The quantitative estimate of drug-likeness (QED) is 0.686. The van der Waals surface area contributed by atoms with Gasteiger partial charge in [-0.2, -0.15) is 0 Å². The SMILES string of the molecule is CCC(=O)c1cc(C(=O)CC2[C@H]3CC(O)C[C@@H]23)cc([C@@H](OC)c2ccccc2)n1. The van der Waals surface area contributed by atoms with E-state index >= 15 is 0 Å². The van der Waals surface area contributed by atoms with Crippen molar-refractivity contribution >= 4 is 11.6 Å². The number of pyridine rings is 1. The molecule has 2 saturated carbocycles. The molecule has 2 fully saturated rings. The summed E-state index contributed by atoms with van der Waals surface area (Å²) in [4.78, 5) is 29.9. The van der Waals surface area contributed by atoms with E-state index in [4.69, 9.17) is 4.74 Å². The number of methoxy groups -OCH3 is 1. The molecule has 1 heterocycles. The number of Topliss-reactive ketones (excluding diaryl/α,β-unsaturated/α-hetero) is 2. The first-order chi connectivity index (χ1) is 14.0. The largest absolute Gasteiger partial charge is 0.393 e. The second-order valence-electron chi connectivity index (χ2n) is 8.21. The standard InChI is InChI=1S/C24H27NO4/c1-3-22(27)20-9-15(23(28)13-19-17-11-16(26)12-18(17)19)10-21(25-20)24(29-2)14-7-5-4-6-8-14/h4-10,16-19,24,26H,3,11-13H2,1-2H3/t16?,17-,18+,19?,24-/m0/s1. The second kappa shape index (κ2) is 8.17. The molecule has 152 valence electrons. The molecule has 0 spiro atoms. The van der Waals surface area contributed by atoms with Crippen molar-refractivity contribution in [1.82, 2.24) is 4.98 Å². The Kier molecular flexibility index (Phi) is 5.61. The number of ketones is 2. The minimum Gasteiger partial charge on any atom is -0.393 e. The fraction of sp³-hybridized carbons (Fsp3) is 0.458. The van der Waals surface area contributed by atoms with Gasteiger partial charge in [0.05, 0.1) is 11.8 Å². The number of hydrogen-bond donors (Lipinski definition) is 1. The van der Waals surface area contributed by atoms with Crippen molar-refractivity contribution in [2.75, 3.05) is 7.11 Å². The van der Waals surface area contributed by atoms with Crippen molar-refractivity contribution in [1.29, 1.82) is 0 Å². The topological polar surface area (TPSA) is 76.5 Å². The molecule has 1 aromatic carbocycles. The Morgan fingerprint density at radius 1 is 1.14 bits per heavy atom. The molecule has 0 amide bonds. The van der Waals surface area contributed by atoms with E-state index in [1.165, 1.54) is 0 Å². The lowest BCUT2D eigenvalue weighted by atomic mass is 9.97. The lowest BCUT2D eigenvalue weighted by Gasteiger charge is -2.17. The highest BCUT2D eigenvalue weighted by Gasteiger charge is 2.55. The number of benzene rings is 1. The Balaban J connectivity index is 1.62. The van der Waals surface area contributed by atoms with Crippen LogP contribution in [0.3, 0.4) is 0 Å². The molecule has 2 unspecified atom stereocenters. The van der Waals surface area contributed by atoms with Gasteiger partial charge in [-0.05, 0) is 48.3 Å². The number of aliphatic hydroxyl groups excluding tert-OH is 1. The Labute approximate surface area is 171 Å². The molecular weight excluding hydrogens is 366 g/mol. The maximum absolute atomic E-state index is 13.0. The Morgan fingerprint density at radius 2 is 1.83 bits per heavy atom. The molecular formula is C24H27NO4. The van der Waals surface area contributed by atoms with Crippen LogP contribution < -0.4 is 0 Å². The maximum Gasteiger partial charge on any atom is 0.180 e. The zero-order valence-corrected chi connectivity index (χ0v) is 16.9. The molecule has 1 aromatic heterocycles. The third-order valence-corrected chi connectivity index (χ3v) is 6.40. The summed E-state index contributed by atoms with van der Waals surface area (Å²) in [5.74, 6) is 1.26. The van der Waals surface area contributed by atoms with Gasteiger partial charge in [0.2, 0.25) is 0 Å². The number of ether oxygens (including phenoxy) is 1. The molecule has 1 N–H and O–H groups in total. The van der Waals surface area contributed by atoms with E-state index in [0.717, 1.165) is 18.4 Å². The Bertz CT molecular complexity index is 898.